The Morgan fingerprint density at radius 1 is 1.07 bits per heavy atom. The van der Waals surface area contributed by atoms with E-state index in [-0.39, 0.29) is 24.7 Å². The van der Waals surface area contributed by atoms with Crippen molar-refractivity contribution in [3.63, 3.8) is 0 Å². The molecule has 28 heavy (non-hydrogen) atoms. The van der Waals surface area contributed by atoms with Gasteiger partial charge in [0.05, 0.1) is 25.6 Å². The average molecular weight is 381 g/mol. The molecule has 0 saturated carbocycles. The minimum atomic E-state index is -0.369. The predicted molar refractivity (Wildman–Crippen MR) is 108 cm³/mol. The first-order chi connectivity index (χ1) is 13.4. The Bertz CT molecular complexity index is 953. The van der Waals surface area contributed by atoms with E-state index in [0.717, 1.165) is 11.1 Å². The summed E-state index contributed by atoms with van der Waals surface area (Å²) in [6.07, 6.45) is 0.504. The third-order valence-electron chi connectivity index (χ3n) is 4.54. The maximum Gasteiger partial charge on any atom is 0.271 e. The number of carbonyl (C=O) groups is 2. The smallest absolute Gasteiger partial charge is 0.271 e. The Balaban J connectivity index is 1.87. The van der Waals surface area contributed by atoms with E-state index in [0.29, 0.717) is 28.6 Å². The minimum Gasteiger partial charge on any atom is -0.497 e. The molecule has 2 aromatic carbocycles. The molecule has 0 spiro atoms. The SMILES string of the molecule is COc1ccc(NC(=O)C2=NN(c3cc(C)ccc3C)C(=O)CC2)c(OC)c1. The predicted octanol–water partition coefficient (Wildman–Crippen LogP) is 3.44. The largest absolute Gasteiger partial charge is 0.497 e. The first-order valence-corrected chi connectivity index (χ1v) is 8.94. The number of methoxy groups -OCH3 is 2. The van der Waals surface area contributed by atoms with Crippen molar-refractivity contribution in [3.8, 4) is 11.5 Å². The van der Waals surface area contributed by atoms with Crippen LogP contribution in [0.25, 0.3) is 0 Å². The van der Waals surface area contributed by atoms with Crippen molar-refractivity contribution < 1.29 is 19.1 Å². The summed E-state index contributed by atoms with van der Waals surface area (Å²) in [4.78, 5) is 25.2. The highest BCUT2D eigenvalue weighted by molar-refractivity contribution is 6.44. The van der Waals surface area contributed by atoms with Gasteiger partial charge in [0.15, 0.2) is 0 Å². The zero-order valence-electron chi connectivity index (χ0n) is 16.4. The fourth-order valence-corrected chi connectivity index (χ4v) is 2.95. The summed E-state index contributed by atoms with van der Waals surface area (Å²) in [6.45, 7) is 3.86. The van der Waals surface area contributed by atoms with Gasteiger partial charge in [-0.15, -0.1) is 0 Å². The topological polar surface area (TPSA) is 80.2 Å². The summed E-state index contributed by atoms with van der Waals surface area (Å²) in [7, 11) is 3.08. The standard InChI is InChI=1S/C21H23N3O4/c1-13-5-6-14(2)18(11-13)24-20(25)10-9-17(23-24)21(26)22-16-8-7-15(27-3)12-19(16)28-4/h5-8,11-12H,9-10H2,1-4H3,(H,22,26). The lowest BCUT2D eigenvalue weighted by Crippen LogP contribution is -2.36. The molecule has 1 aliphatic rings. The molecule has 2 amide bonds. The molecule has 0 atom stereocenters. The Labute approximate surface area is 163 Å². The van der Waals surface area contributed by atoms with Gasteiger partial charge < -0.3 is 14.8 Å². The van der Waals surface area contributed by atoms with Gasteiger partial charge in [-0.2, -0.15) is 5.10 Å². The van der Waals surface area contributed by atoms with Crippen molar-refractivity contribution in [2.75, 3.05) is 24.5 Å². The molecule has 0 saturated heterocycles. The van der Waals surface area contributed by atoms with Crippen LogP contribution in [-0.2, 0) is 9.59 Å². The van der Waals surface area contributed by atoms with Crippen LogP contribution in [-0.4, -0.2) is 31.7 Å². The summed E-state index contributed by atoms with van der Waals surface area (Å²) in [6, 6.07) is 10.9. The van der Waals surface area contributed by atoms with Crippen LogP contribution in [0.2, 0.25) is 0 Å². The Morgan fingerprint density at radius 2 is 1.86 bits per heavy atom. The van der Waals surface area contributed by atoms with E-state index in [2.05, 4.69) is 10.4 Å². The quantitative estimate of drug-likeness (QED) is 0.860. The molecule has 7 heteroatoms. The van der Waals surface area contributed by atoms with Crippen LogP contribution in [0.15, 0.2) is 41.5 Å². The number of hydrogen-bond donors (Lipinski definition) is 1. The minimum absolute atomic E-state index is 0.132. The molecule has 2 aromatic rings. The van der Waals surface area contributed by atoms with Gasteiger partial charge in [0, 0.05) is 18.9 Å². The third-order valence-corrected chi connectivity index (χ3v) is 4.54. The molecular formula is C21H23N3O4. The number of ether oxygens (including phenoxy) is 2. The van der Waals surface area contributed by atoms with E-state index in [1.165, 1.54) is 12.1 Å². The van der Waals surface area contributed by atoms with Crippen molar-refractivity contribution in [2.45, 2.75) is 26.7 Å². The molecule has 0 aliphatic carbocycles. The Hall–Kier alpha value is -3.35. The van der Waals surface area contributed by atoms with Crippen LogP contribution in [0.4, 0.5) is 11.4 Å². The van der Waals surface area contributed by atoms with Crippen molar-refractivity contribution in [1.29, 1.82) is 0 Å². The van der Waals surface area contributed by atoms with Crippen LogP contribution in [0.1, 0.15) is 24.0 Å². The third kappa shape index (κ3) is 3.98. The molecule has 146 valence electrons. The van der Waals surface area contributed by atoms with E-state index in [1.54, 1.807) is 25.3 Å². The van der Waals surface area contributed by atoms with Gasteiger partial charge in [-0.3, -0.25) is 9.59 Å². The lowest BCUT2D eigenvalue weighted by molar-refractivity contribution is -0.118. The fraction of sp³-hybridized carbons (Fsp3) is 0.286. The van der Waals surface area contributed by atoms with E-state index < -0.39 is 0 Å². The summed E-state index contributed by atoms with van der Waals surface area (Å²) in [5.41, 5.74) is 3.42. The highest BCUT2D eigenvalue weighted by Gasteiger charge is 2.27. The second kappa shape index (κ2) is 8.12. The highest BCUT2D eigenvalue weighted by Crippen LogP contribution is 2.30. The average Bonchev–Trinajstić information content (AvgIpc) is 2.70. The maximum absolute atomic E-state index is 12.8. The lowest BCUT2D eigenvalue weighted by atomic mass is 10.1. The molecule has 3 rings (SSSR count). The summed E-state index contributed by atoms with van der Waals surface area (Å²) >= 11 is 0. The van der Waals surface area contributed by atoms with E-state index >= 15 is 0 Å². The van der Waals surface area contributed by atoms with E-state index in [1.807, 2.05) is 32.0 Å². The van der Waals surface area contributed by atoms with Crippen LogP contribution in [0.3, 0.4) is 0 Å². The van der Waals surface area contributed by atoms with Crippen LogP contribution in [0, 0.1) is 13.8 Å². The van der Waals surface area contributed by atoms with Gasteiger partial charge in [-0.05, 0) is 43.2 Å². The van der Waals surface area contributed by atoms with E-state index in [9.17, 15) is 9.59 Å². The van der Waals surface area contributed by atoms with Crippen molar-refractivity contribution in [3.05, 3.63) is 47.5 Å². The summed E-state index contributed by atoms with van der Waals surface area (Å²) < 4.78 is 10.5. The van der Waals surface area contributed by atoms with Gasteiger partial charge in [-0.1, -0.05) is 12.1 Å². The van der Waals surface area contributed by atoms with Gasteiger partial charge in [0.25, 0.3) is 5.91 Å². The number of amides is 2. The first kappa shape index (κ1) is 19.4. The van der Waals surface area contributed by atoms with Gasteiger partial charge >= 0.3 is 0 Å². The number of aryl methyl sites for hydroxylation is 2. The van der Waals surface area contributed by atoms with E-state index in [4.69, 9.17) is 9.47 Å². The number of carbonyl (C=O) groups excluding carboxylic acids is 2. The first-order valence-electron chi connectivity index (χ1n) is 8.94. The molecular weight excluding hydrogens is 358 g/mol. The molecule has 0 bridgehead atoms. The monoisotopic (exact) mass is 381 g/mol. The Kier molecular flexibility index (Phi) is 5.63. The number of rotatable bonds is 5. The lowest BCUT2D eigenvalue weighted by Gasteiger charge is -2.25. The normalized spacial score (nSPS) is 13.8. The summed E-state index contributed by atoms with van der Waals surface area (Å²) in [5.74, 6) is 0.599. The van der Waals surface area contributed by atoms with Crippen LogP contribution in [0.5, 0.6) is 11.5 Å². The zero-order valence-corrected chi connectivity index (χ0v) is 16.4. The summed E-state index contributed by atoms with van der Waals surface area (Å²) in [5, 5.41) is 8.48. The molecule has 1 heterocycles. The van der Waals surface area contributed by atoms with Gasteiger partial charge in [0.1, 0.15) is 17.2 Å². The van der Waals surface area contributed by atoms with Crippen molar-refractivity contribution in [1.82, 2.24) is 0 Å². The number of hydrogen-bond acceptors (Lipinski definition) is 5. The number of anilines is 2. The molecule has 1 N–H and O–H groups in total. The van der Waals surface area contributed by atoms with Crippen LogP contribution < -0.4 is 19.8 Å². The molecule has 0 aromatic heterocycles. The second-order valence-electron chi connectivity index (χ2n) is 6.56. The number of hydrazone groups is 1. The van der Waals surface area contributed by atoms with Crippen molar-refractivity contribution >= 4 is 28.9 Å². The zero-order chi connectivity index (χ0) is 20.3. The van der Waals surface area contributed by atoms with Crippen LogP contribution >= 0.6 is 0 Å². The molecule has 0 fully saturated rings. The van der Waals surface area contributed by atoms with Gasteiger partial charge in [-0.25, -0.2) is 5.01 Å². The number of benzene rings is 2. The second-order valence-corrected chi connectivity index (χ2v) is 6.56. The molecule has 7 nitrogen and oxygen atoms in total. The molecule has 0 unspecified atom stereocenters. The molecule has 1 aliphatic heterocycles. The Morgan fingerprint density at radius 3 is 2.57 bits per heavy atom. The number of nitrogens with zero attached hydrogens (tertiary/aromatic N) is 2. The number of nitrogens with one attached hydrogen (secondary N) is 1. The molecule has 0 radical (unpaired) electrons. The maximum atomic E-state index is 12.8. The van der Waals surface area contributed by atoms with Gasteiger partial charge in [0.2, 0.25) is 5.91 Å². The fourth-order valence-electron chi connectivity index (χ4n) is 2.95. The van der Waals surface area contributed by atoms with Crippen molar-refractivity contribution in [2.24, 2.45) is 5.10 Å². The highest BCUT2D eigenvalue weighted by atomic mass is 16.5.